The SMILES string of the molecule is CCCCN1/C(=C/C=C2\CCCC(/C=C/C3=[N+](CCC(C)=O)c4ccc(S(=O)(=O)O)cc4C3(C)C)=C2Oc2ccc(S(=O)(=O)O)cc2)C(C)(C)c2ccccc21. The van der Waals surface area contributed by atoms with Gasteiger partial charge in [-0.1, -0.05) is 51.5 Å². The van der Waals surface area contributed by atoms with Crippen LogP contribution < -0.4 is 9.64 Å². The van der Waals surface area contributed by atoms with Gasteiger partial charge in [0, 0.05) is 41.1 Å². The number of nitrogens with zero attached hydrogens (tertiary/aromatic N) is 2. The fraction of sp³-hybridized carbons (Fsp3) is 0.364. The molecule has 2 heterocycles. The second kappa shape index (κ2) is 15.7. The standard InChI is InChI=1S/C44H50N2O8S2/c1-7-8-27-45-38-15-10-9-14-36(38)43(3,4)40(45)24-16-31-12-11-13-32(42(31)54-33-18-20-34(21-19-33)55(48,49)50)17-25-41-44(5,6)37-29-35(56(51,52)53)22-23-39(37)46(41)28-26-30(2)47/h9-10,14-25,29H,7-8,11-13,26-28H2,1-6H3,(H-,48,49,50,51,52,53)/p+1. The van der Waals surface area contributed by atoms with E-state index in [1.54, 1.807) is 6.07 Å². The summed E-state index contributed by atoms with van der Waals surface area (Å²) in [6.45, 7) is 13.5. The van der Waals surface area contributed by atoms with Crippen LogP contribution >= 0.6 is 0 Å². The first-order chi connectivity index (χ1) is 26.3. The van der Waals surface area contributed by atoms with Crippen molar-refractivity contribution in [3.05, 3.63) is 125 Å². The normalized spacial score (nSPS) is 19.3. The van der Waals surface area contributed by atoms with Crippen LogP contribution in [0.15, 0.2) is 123 Å². The first-order valence-electron chi connectivity index (χ1n) is 19.1. The highest BCUT2D eigenvalue weighted by molar-refractivity contribution is 7.86. The number of fused-ring (bicyclic) bond motifs is 2. The van der Waals surface area contributed by atoms with E-state index in [0.29, 0.717) is 30.0 Å². The molecule has 0 aromatic heterocycles. The summed E-state index contributed by atoms with van der Waals surface area (Å²) in [7, 11) is -8.84. The van der Waals surface area contributed by atoms with Crippen LogP contribution in [0.4, 0.5) is 11.4 Å². The smallest absolute Gasteiger partial charge is 0.294 e. The Morgan fingerprint density at radius 3 is 2.20 bits per heavy atom. The number of carbonyl (C=O) groups excluding carboxylic acids is 1. The van der Waals surface area contributed by atoms with Crippen molar-refractivity contribution in [3.8, 4) is 5.75 Å². The van der Waals surface area contributed by atoms with Gasteiger partial charge in [0.25, 0.3) is 20.2 Å². The van der Waals surface area contributed by atoms with Gasteiger partial charge in [0.05, 0.1) is 21.6 Å². The molecule has 3 aromatic rings. The third kappa shape index (κ3) is 8.25. The van der Waals surface area contributed by atoms with Gasteiger partial charge in [0.1, 0.15) is 17.3 Å². The molecule has 2 aliphatic heterocycles. The van der Waals surface area contributed by atoms with Crippen LogP contribution in [0.5, 0.6) is 5.75 Å². The molecule has 3 aromatic carbocycles. The lowest BCUT2D eigenvalue weighted by atomic mass is 9.81. The monoisotopic (exact) mass is 799 g/mol. The van der Waals surface area contributed by atoms with Gasteiger partial charge in [-0.05, 0) is 118 Å². The van der Waals surface area contributed by atoms with Crippen LogP contribution in [0.3, 0.4) is 0 Å². The van der Waals surface area contributed by atoms with E-state index < -0.39 is 25.7 Å². The van der Waals surface area contributed by atoms with Gasteiger partial charge in [-0.3, -0.25) is 13.9 Å². The fourth-order valence-corrected chi connectivity index (χ4v) is 9.02. The van der Waals surface area contributed by atoms with E-state index in [4.69, 9.17) is 4.74 Å². The number of hydrogen-bond donors (Lipinski definition) is 2. The van der Waals surface area contributed by atoms with Crippen molar-refractivity contribution in [3.63, 3.8) is 0 Å². The molecule has 10 nitrogen and oxygen atoms in total. The molecule has 2 N–H and O–H groups in total. The largest absolute Gasteiger partial charge is 0.457 e. The van der Waals surface area contributed by atoms with Crippen molar-refractivity contribution in [2.45, 2.75) is 101 Å². The van der Waals surface area contributed by atoms with E-state index in [2.05, 4.69) is 62.1 Å². The number of carbonyl (C=O) groups is 1. The van der Waals surface area contributed by atoms with Crippen molar-refractivity contribution in [2.24, 2.45) is 0 Å². The number of Topliss-reactive ketones (excluding diaryl/α,β-unsaturated/α-hetero) is 1. The second-order valence-electron chi connectivity index (χ2n) is 15.7. The summed E-state index contributed by atoms with van der Waals surface area (Å²) in [5.41, 5.74) is 6.92. The number of ether oxygens (including phenoxy) is 1. The van der Waals surface area contributed by atoms with Gasteiger partial charge in [0.15, 0.2) is 12.3 Å². The molecule has 0 spiro atoms. The molecule has 12 heteroatoms. The number of ketones is 1. The third-order valence-electron chi connectivity index (χ3n) is 11.1. The van der Waals surface area contributed by atoms with Gasteiger partial charge in [-0.25, -0.2) is 0 Å². The Hall–Kier alpha value is -4.62. The highest BCUT2D eigenvalue weighted by Crippen LogP contribution is 2.48. The minimum Gasteiger partial charge on any atom is -0.457 e. The molecule has 0 fully saturated rings. The third-order valence-corrected chi connectivity index (χ3v) is 12.8. The number of rotatable bonds is 13. The average molecular weight is 800 g/mol. The van der Waals surface area contributed by atoms with Gasteiger partial charge < -0.3 is 9.64 Å². The Bertz CT molecular complexity index is 2430. The average Bonchev–Trinajstić information content (AvgIpc) is 3.49. The molecule has 0 saturated carbocycles. The number of para-hydroxylation sites is 1. The molecule has 6 rings (SSSR count). The van der Waals surface area contributed by atoms with E-state index in [0.717, 1.165) is 54.8 Å². The second-order valence-corrected chi connectivity index (χ2v) is 18.6. The topological polar surface area (TPSA) is 141 Å². The lowest BCUT2D eigenvalue weighted by Gasteiger charge is -2.27. The zero-order valence-electron chi connectivity index (χ0n) is 32.9. The number of anilines is 1. The molecule has 296 valence electrons. The summed E-state index contributed by atoms with van der Waals surface area (Å²) in [5, 5.41) is 0. The van der Waals surface area contributed by atoms with Crippen LogP contribution in [-0.2, 0) is 35.9 Å². The van der Waals surface area contributed by atoms with Crippen LogP contribution in [0.1, 0.15) is 91.2 Å². The zero-order chi connectivity index (χ0) is 40.6. The summed E-state index contributed by atoms with van der Waals surface area (Å²) in [6, 6.07) is 18.7. The molecule has 0 radical (unpaired) electrons. The Balaban J connectivity index is 1.48. The molecule has 3 aliphatic rings. The lowest BCUT2D eigenvalue weighted by Crippen LogP contribution is -2.28. The predicted octanol–water partition coefficient (Wildman–Crippen LogP) is 9.02. The predicted molar refractivity (Wildman–Crippen MR) is 219 cm³/mol. The molecule has 1 aliphatic carbocycles. The zero-order valence-corrected chi connectivity index (χ0v) is 34.5. The molecule has 0 saturated heterocycles. The van der Waals surface area contributed by atoms with Crippen LogP contribution in [-0.4, -0.2) is 55.1 Å². The van der Waals surface area contributed by atoms with Gasteiger partial charge in [-0.2, -0.15) is 21.4 Å². The van der Waals surface area contributed by atoms with Crippen molar-refractivity contribution in [1.29, 1.82) is 0 Å². The van der Waals surface area contributed by atoms with E-state index in [1.807, 2.05) is 30.6 Å². The Morgan fingerprint density at radius 2 is 1.54 bits per heavy atom. The first kappa shape index (κ1) is 41.0. The van der Waals surface area contributed by atoms with Gasteiger partial charge in [-0.15, -0.1) is 0 Å². The highest BCUT2D eigenvalue weighted by Gasteiger charge is 2.45. The van der Waals surface area contributed by atoms with Crippen LogP contribution in [0, 0.1) is 0 Å². The molecule has 0 unspecified atom stereocenters. The maximum Gasteiger partial charge on any atom is 0.294 e. The molecular weight excluding hydrogens is 749 g/mol. The number of benzene rings is 3. The summed E-state index contributed by atoms with van der Waals surface area (Å²) < 4.78 is 76.0. The molecule has 56 heavy (non-hydrogen) atoms. The molecule has 0 amide bonds. The van der Waals surface area contributed by atoms with Gasteiger partial charge in [0.2, 0.25) is 5.69 Å². The summed E-state index contributed by atoms with van der Waals surface area (Å²) in [4.78, 5) is 14.2. The van der Waals surface area contributed by atoms with Crippen molar-refractivity contribution < 1.29 is 40.0 Å². The van der Waals surface area contributed by atoms with Crippen LogP contribution in [0.25, 0.3) is 0 Å². The minimum atomic E-state index is -4.45. The van der Waals surface area contributed by atoms with Crippen molar-refractivity contribution >= 4 is 43.1 Å². The maximum absolute atomic E-state index is 12.2. The summed E-state index contributed by atoms with van der Waals surface area (Å²) >= 11 is 0. The lowest BCUT2D eigenvalue weighted by molar-refractivity contribution is -0.436. The van der Waals surface area contributed by atoms with E-state index in [1.165, 1.54) is 60.3 Å². The Labute approximate surface area is 331 Å². The Kier molecular flexibility index (Phi) is 11.5. The van der Waals surface area contributed by atoms with Crippen LogP contribution in [0.2, 0.25) is 0 Å². The van der Waals surface area contributed by atoms with Gasteiger partial charge >= 0.3 is 0 Å². The fourth-order valence-electron chi connectivity index (χ4n) is 8.03. The highest BCUT2D eigenvalue weighted by atomic mass is 32.2. The quantitative estimate of drug-likeness (QED) is 0.128. The molecule has 0 atom stereocenters. The Morgan fingerprint density at radius 1 is 0.857 bits per heavy atom. The van der Waals surface area contributed by atoms with E-state index >= 15 is 0 Å². The number of allylic oxidation sites excluding steroid dienone is 7. The van der Waals surface area contributed by atoms with Crippen molar-refractivity contribution in [1.82, 2.24) is 0 Å². The minimum absolute atomic E-state index is 0.0190. The van der Waals surface area contributed by atoms with E-state index in [-0.39, 0.29) is 27.4 Å². The van der Waals surface area contributed by atoms with Crippen molar-refractivity contribution in [2.75, 3.05) is 18.0 Å². The maximum atomic E-state index is 12.2. The summed E-state index contributed by atoms with van der Waals surface area (Å²) in [5.74, 6) is 1.06. The number of unbranched alkanes of at least 4 members (excludes halogenated alkanes) is 1. The first-order valence-corrected chi connectivity index (χ1v) is 21.9. The molecular formula is C44H51N2O8S2+. The molecule has 0 bridgehead atoms. The van der Waals surface area contributed by atoms with E-state index in [9.17, 15) is 30.7 Å². The summed E-state index contributed by atoms with van der Waals surface area (Å²) in [6.07, 6.45) is 13.0. The number of hydrogen-bond acceptors (Lipinski definition) is 7.